The van der Waals surface area contributed by atoms with Crippen LogP contribution < -0.4 is 5.32 Å². The number of benzene rings is 1. The van der Waals surface area contributed by atoms with E-state index in [4.69, 9.17) is 4.74 Å². The van der Waals surface area contributed by atoms with Crippen LogP contribution in [0.1, 0.15) is 37.0 Å². The molecule has 0 aromatic heterocycles. The molecule has 3 heteroatoms. The first-order chi connectivity index (χ1) is 8.24. The second-order valence-electron chi connectivity index (χ2n) is 4.14. The van der Waals surface area contributed by atoms with Crippen LogP contribution in [-0.2, 0) is 4.74 Å². The highest BCUT2D eigenvalue weighted by Crippen LogP contribution is 2.03. The Morgan fingerprint density at radius 1 is 1.35 bits per heavy atom. The van der Waals surface area contributed by atoms with Gasteiger partial charge in [-0.25, -0.2) is 4.79 Å². The minimum absolute atomic E-state index is 0.0976. The molecule has 0 saturated heterocycles. The number of rotatable bonds is 7. The summed E-state index contributed by atoms with van der Waals surface area (Å²) in [4.78, 5) is 11.7. The highest BCUT2D eigenvalue weighted by molar-refractivity contribution is 5.89. The van der Waals surface area contributed by atoms with E-state index < -0.39 is 0 Å². The molecule has 0 spiro atoms. The van der Waals surface area contributed by atoms with Crippen LogP contribution in [0.5, 0.6) is 0 Å². The Bertz CT molecular complexity index is 324. The zero-order valence-corrected chi connectivity index (χ0v) is 10.6. The average Bonchev–Trinajstić information content (AvgIpc) is 2.36. The molecular formula is C14H21NO2. The Kier molecular flexibility index (Phi) is 6.33. The number of carbonyl (C=O) groups is 1. The quantitative estimate of drug-likeness (QED) is 0.583. The van der Waals surface area contributed by atoms with Gasteiger partial charge in [-0.2, -0.15) is 0 Å². The van der Waals surface area contributed by atoms with Crippen molar-refractivity contribution in [2.45, 2.75) is 32.8 Å². The largest absolute Gasteiger partial charge is 0.458 e. The second-order valence-corrected chi connectivity index (χ2v) is 4.14. The fourth-order valence-corrected chi connectivity index (χ4v) is 1.47. The Balaban J connectivity index is 2.26. The van der Waals surface area contributed by atoms with Gasteiger partial charge in [0.05, 0.1) is 5.56 Å². The van der Waals surface area contributed by atoms with Gasteiger partial charge in [0.1, 0.15) is 6.10 Å². The molecule has 0 amide bonds. The van der Waals surface area contributed by atoms with Crippen molar-refractivity contribution in [2.75, 3.05) is 13.1 Å². The number of esters is 1. The highest BCUT2D eigenvalue weighted by atomic mass is 16.5. The first-order valence-corrected chi connectivity index (χ1v) is 6.20. The van der Waals surface area contributed by atoms with Gasteiger partial charge in [-0.3, -0.25) is 0 Å². The molecule has 0 heterocycles. The molecule has 0 aliphatic rings. The summed E-state index contributed by atoms with van der Waals surface area (Å²) < 4.78 is 5.32. The average molecular weight is 235 g/mol. The van der Waals surface area contributed by atoms with E-state index in [2.05, 4.69) is 12.2 Å². The van der Waals surface area contributed by atoms with Crippen molar-refractivity contribution in [3.63, 3.8) is 0 Å². The number of hydrogen-bond acceptors (Lipinski definition) is 3. The predicted octanol–water partition coefficient (Wildman–Crippen LogP) is 2.62. The molecular weight excluding hydrogens is 214 g/mol. The summed E-state index contributed by atoms with van der Waals surface area (Å²) in [7, 11) is 0. The van der Waals surface area contributed by atoms with Gasteiger partial charge in [0.2, 0.25) is 0 Å². The summed E-state index contributed by atoms with van der Waals surface area (Å²) in [5.74, 6) is -0.254. The number of unbranched alkanes of at least 4 members (excludes halogenated alkanes) is 1. The van der Waals surface area contributed by atoms with Gasteiger partial charge >= 0.3 is 5.97 Å². The van der Waals surface area contributed by atoms with E-state index in [0.717, 1.165) is 13.0 Å². The Morgan fingerprint density at radius 2 is 2.06 bits per heavy atom. The minimum Gasteiger partial charge on any atom is -0.458 e. The molecule has 94 valence electrons. The first kappa shape index (κ1) is 13.7. The normalized spacial score (nSPS) is 12.1. The van der Waals surface area contributed by atoms with E-state index in [9.17, 15) is 4.79 Å². The van der Waals surface area contributed by atoms with Crippen LogP contribution in [0.2, 0.25) is 0 Å². The molecule has 0 aliphatic heterocycles. The van der Waals surface area contributed by atoms with Crippen molar-refractivity contribution < 1.29 is 9.53 Å². The molecule has 1 aromatic carbocycles. The molecule has 1 N–H and O–H groups in total. The highest BCUT2D eigenvalue weighted by Gasteiger charge is 2.10. The summed E-state index contributed by atoms with van der Waals surface area (Å²) in [5, 5.41) is 3.27. The summed E-state index contributed by atoms with van der Waals surface area (Å²) in [5.41, 5.74) is 0.605. The lowest BCUT2D eigenvalue weighted by Crippen LogP contribution is -2.29. The maximum Gasteiger partial charge on any atom is 0.338 e. The van der Waals surface area contributed by atoms with Crippen LogP contribution >= 0.6 is 0 Å². The second kappa shape index (κ2) is 7.85. The lowest BCUT2D eigenvalue weighted by Gasteiger charge is -2.13. The lowest BCUT2D eigenvalue weighted by molar-refractivity contribution is 0.0342. The van der Waals surface area contributed by atoms with Crippen LogP contribution in [0, 0.1) is 0 Å². The van der Waals surface area contributed by atoms with Crippen molar-refractivity contribution in [2.24, 2.45) is 0 Å². The van der Waals surface area contributed by atoms with E-state index in [1.807, 2.05) is 25.1 Å². The third kappa shape index (κ3) is 5.50. The van der Waals surface area contributed by atoms with E-state index in [1.165, 1.54) is 6.42 Å². The van der Waals surface area contributed by atoms with Gasteiger partial charge in [-0.1, -0.05) is 31.5 Å². The molecule has 1 aromatic rings. The predicted molar refractivity (Wildman–Crippen MR) is 69.1 cm³/mol. The maximum absolute atomic E-state index is 11.7. The fraction of sp³-hybridized carbons (Fsp3) is 0.500. The number of carbonyl (C=O) groups excluding carboxylic acids is 1. The molecule has 1 atom stereocenters. The van der Waals surface area contributed by atoms with Gasteiger partial charge in [0.25, 0.3) is 0 Å². The van der Waals surface area contributed by atoms with Crippen LogP contribution in [0.4, 0.5) is 0 Å². The Hall–Kier alpha value is -1.35. The van der Waals surface area contributed by atoms with Crippen molar-refractivity contribution in [1.82, 2.24) is 5.32 Å². The maximum atomic E-state index is 11.7. The molecule has 0 aliphatic carbocycles. The van der Waals surface area contributed by atoms with E-state index in [0.29, 0.717) is 12.1 Å². The van der Waals surface area contributed by atoms with Gasteiger partial charge < -0.3 is 10.1 Å². The van der Waals surface area contributed by atoms with Gasteiger partial charge in [0.15, 0.2) is 0 Å². The van der Waals surface area contributed by atoms with E-state index in [-0.39, 0.29) is 12.1 Å². The monoisotopic (exact) mass is 235 g/mol. The lowest BCUT2D eigenvalue weighted by atomic mass is 10.2. The molecule has 1 rings (SSSR count). The standard InChI is InChI=1S/C14H21NO2/c1-3-4-10-15-11-12(2)17-14(16)13-8-6-5-7-9-13/h5-9,12,15H,3-4,10-11H2,1-2H3. The van der Waals surface area contributed by atoms with Gasteiger partial charge in [-0.05, 0) is 32.0 Å². The molecule has 3 nitrogen and oxygen atoms in total. The SMILES string of the molecule is CCCCNCC(C)OC(=O)c1ccccc1. The number of ether oxygens (including phenoxy) is 1. The Morgan fingerprint density at radius 3 is 2.71 bits per heavy atom. The Labute approximate surface area is 103 Å². The van der Waals surface area contributed by atoms with Gasteiger partial charge in [-0.15, -0.1) is 0 Å². The van der Waals surface area contributed by atoms with Crippen molar-refractivity contribution >= 4 is 5.97 Å². The van der Waals surface area contributed by atoms with Crippen LogP contribution in [-0.4, -0.2) is 25.2 Å². The summed E-state index contributed by atoms with van der Waals surface area (Å²) >= 11 is 0. The van der Waals surface area contributed by atoms with Crippen molar-refractivity contribution in [1.29, 1.82) is 0 Å². The topological polar surface area (TPSA) is 38.3 Å². The number of nitrogens with one attached hydrogen (secondary N) is 1. The van der Waals surface area contributed by atoms with Gasteiger partial charge in [0, 0.05) is 6.54 Å². The molecule has 0 bridgehead atoms. The molecule has 0 fully saturated rings. The van der Waals surface area contributed by atoms with Crippen molar-refractivity contribution in [3.8, 4) is 0 Å². The zero-order chi connectivity index (χ0) is 12.5. The van der Waals surface area contributed by atoms with Crippen LogP contribution in [0.25, 0.3) is 0 Å². The molecule has 1 unspecified atom stereocenters. The fourth-order valence-electron chi connectivity index (χ4n) is 1.47. The minimum atomic E-state index is -0.254. The first-order valence-electron chi connectivity index (χ1n) is 6.20. The molecule has 0 radical (unpaired) electrons. The smallest absolute Gasteiger partial charge is 0.338 e. The zero-order valence-electron chi connectivity index (χ0n) is 10.6. The third-order valence-corrected chi connectivity index (χ3v) is 2.46. The van der Waals surface area contributed by atoms with Crippen LogP contribution in [0.15, 0.2) is 30.3 Å². The summed E-state index contributed by atoms with van der Waals surface area (Å²) in [6, 6.07) is 9.08. The van der Waals surface area contributed by atoms with Crippen LogP contribution in [0.3, 0.4) is 0 Å². The van der Waals surface area contributed by atoms with E-state index >= 15 is 0 Å². The van der Waals surface area contributed by atoms with Crippen molar-refractivity contribution in [3.05, 3.63) is 35.9 Å². The molecule has 17 heavy (non-hydrogen) atoms. The summed E-state index contributed by atoms with van der Waals surface area (Å²) in [6.45, 7) is 5.74. The third-order valence-electron chi connectivity index (χ3n) is 2.46. The number of hydrogen-bond donors (Lipinski definition) is 1. The molecule has 0 saturated carbocycles. The van der Waals surface area contributed by atoms with E-state index in [1.54, 1.807) is 12.1 Å². The summed E-state index contributed by atoms with van der Waals surface area (Å²) in [6.07, 6.45) is 2.23.